The zero-order valence-corrected chi connectivity index (χ0v) is 19.5. The maximum absolute atomic E-state index is 6.91. The molecular weight excluding hydrogens is 370 g/mol. The van der Waals surface area contributed by atoms with Gasteiger partial charge in [-0.25, -0.2) is 0 Å². The molecule has 0 radical (unpaired) electrons. The van der Waals surface area contributed by atoms with Crippen molar-refractivity contribution in [2.45, 2.75) is 69.4 Å². The Morgan fingerprint density at radius 1 is 1.25 bits per heavy atom. The van der Waals surface area contributed by atoms with Crippen molar-refractivity contribution >= 4 is 8.32 Å². The molecule has 1 aromatic carbocycles. The van der Waals surface area contributed by atoms with Crippen molar-refractivity contribution in [2.75, 3.05) is 20.8 Å². The number of fused-ring (bicyclic) bond motifs is 1. The van der Waals surface area contributed by atoms with Gasteiger partial charge in [0.2, 0.25) is 0 Å². The number of rotatable bonds is 8. The van der Waals surface area contributed by atoms with E-state index in [4.69, 9.17) is 24.4 Å². The molecule has 0 spiro atoms. The molecule has 1 unspecified atom stereocenters. The van der Waals surface area contributed by atoms with Crippen molar-refractivity contribution in [2.24, 2.45) is 5.73 Å². The lowest BCUT2D eigenvalue weighted by Gasteiger charge is -2.52. The van der Waals surface area contributed by atoms with Gasteiger partial charge >= 0.3 is 0 Å². The summed E-state index contributed by atoms with van der Waals surface area (Å²) in [6.45, 7) is 15.4. The van der Waals surface area contributed by atoms with Crippen molar-refractivity contribution in [3.63, 3.8) is 0 Å². The van der Waals surface area contributed by atoms with E-state index in [2.05, 4.69) is 46.5 Å². The second kappa shape index (κ2) is 8.77. The molecule has 1 aromatic rings. The fraction of sp³-hybridized carbons (Fsp3) is 0.636. The highest BCUT2D eigenvalue weighted by Gasteiger charge is 2.56. The molecule has 158 valence electrons. The molecule has 0 saturated carbocycles. The average Bonchev–Trinajstić information content (AvgIpc) is 2.63. The van der Waals surface area contributed by atoms with E-state index in [-0.39, 0.29) is 17.2 Å². The van der Waals surface area contributed by atoms with Crippen molar-refractivity contribution in [3.05, 3.63) is 48.0 Å². The van der Waals surface area contributed by atoms with E-state index in [1.165, 1.54) is 0 Å². The first-order valence-corrected chi connectivity index (χ1v) is 12.8. The molecule has 1 aliphatic rings. The molecule has 1 aliphatic carbocycles. The van der Waals surface area contributed by atoms with Gasteiger partial charge in [0.15, 0.2) is 20.2 Å². The van der Waals surface area contributed by atoms with Crippen LogP contribution in [-0.2, 0) is 24.2 Å². The fourth-order valence-electron chi connectivity index (χ4n) is 3.71. The molecule has 0 aliphatic heterocycles. The van der Waals surface area contributed by atoms with Crippen LogP contribution in [0.3, 0.4) is 0 Å². The lowest BCUT2D eigenvalue weighted by atomic mass is 9.74. The smallest absolute Gasteiger partial charge is 0.192 e. The molecule has 0 fully saturated rings. The third kappa shape index (κ3) is 4.13. The minimum Gasteiger partial charge on any atom is -0.410 e. The summed E-state index contributed by atoms with van der Waals surface area (Å²) in [5, 5.41) is 0.0495. The molecule has 28 heavy (non-hydrogen) atoms. The van der Waals surface area contributed by atoms with Crippen LogP contribution in [0.2, 0.25) is 18.1 Å². The number of hydrogen-bond acceptors (Lipinski definition) is 5. The van der Waals surface area contributed by atoms with Gasteiger partial charge in [-0.1, -0.05) is 51.1 Å². The first-order chi connectivity index (χ1) is 13.0. The summed E-state index contributed by atoms with van der Waals surface area (Å²) in [4.78, 5) is 0. The summed E-state index contributed by atoms with van der Waals surface area (Å²) in [6.07, 6.45) is 1.42. The van der Waals surface area contributed by atoms with Gasteiger partial charge in [0.25, 0.3) is 0 Å². The number of methoxy groups -OCH3 is 2. The SMILES string of the molecule is C=CCO[C@]1(C(OC)OC)c2ccccc2C(N)C[C@@H]1O[Si](C)(C)C(C)(C)C. The van der Waals surface area contributed by atoms with E-state index >= 15 is 0 Å². The molecular formula is C22H37NO4Si. The van der Waals surface area contributed by atoms with Gasteiger partial charge in [-0.05, 0) is 35.7 Å². The normalized spacial score (nSPS) is 25.6. The Morgan fingerprint density at radius 3 is 2.39 bits per heavy atom. The molecule has 5 nitrogen and oxygen atoms in total. The van der Waals surface area contributed by atoms with Gasteiger partial charge in [0.1, 0.15) is 0 Å². The molecule has 0 saturated heterocycles. The Labute approximate surface area is 171 Å². The van der Waals surface area contributed by atoms with Crippen LogP contribution >= 0.6 is 0 Å². The molecule has 2 N–H and O–H groups in total. The molecule has 0 bridgehead atoms. The Balaban J connectivity index is 2.68. The first-order valence-electron chi connectivity index (χ1n) is 9.88. The first kappa shape index (κ1) is 23.3. The lowest BCUT2D eigenvalue weighted by Crippen LogP contribution is -2.61. The second-order valence-electron chi connectivity index (χ2n) is 8.99. The Morgan fingerprint density at radius 2 is 1.86 bits per heavy atom. The Bertz CT molecular complexity index is 669. The van der Waals surface area contributed by atoms with Gasteiger partial charge in [-0.2, -0.15) is 0 Å². The van der Waals surface area contributed by atoms with E-state index in [0.717, 1.165) is 11.1 Å². The van der Waals surface area contributed by atoms with Crippen LogP contribution in [0.15, 0.2) is 36.9 Å². The summed E-state index contributed by atoms with van der Waals surface area (Å²) in [5.74, 6) is 0. The van der Waals surface area contributed by atoms with Crippen molar-refractivity contribution in [1.82, 2.24) is 0 Å². The molecule has 0 heterocycles. The molecule has 0 aromatic heterocycles. The van der Waals surface area contributed by atoms with E-state index in [9.17, 15) is 0 Å². The standard InChI is InChI=1S/C22H37NO4Si/c1-9-14-26-22(20(24-5)25-6)17-13-11-10-12-16(17)18(23)15-19(22)27-28(7,8)21(2,3)4/h9-13,18-20H,1,14-15,23H2,2-8H3/t18?,19-,22+/m0/s1. The van der Waals surface area contributed by atoms with Gasteiger partial charge in [0, 0.05) is 20.3 Å². The van der Waals surface area contributed by atoms with Crippen molar-refractivity contribution < 1.29 is 18.6 Å². The molecule has 6 heteroatoms. The second-order valence-corrected chi connectivity index (χ2v) is 13.7. The third-order valence-corrected chi connectivity index (χ3v) is 10.7. The summed E-state index contributed by atoms with van der Waals surface area (Å²) in [5.41, 5.74) is 7.65. The van der Waals surface area contributed by atoms with E-state index < -0.39 is 20.2 Å². The van der Waals surface area contributed by atoms with Crippen LogP contribution in [0, 0.1) is 0 Å². The quantitative estimate of drug-likeness (QED) is 0.391. The van der Waals surface area contributed by atoms with Crippen LogP contribution in [-0.4, -0.2) is 41.5 Å². The van der Waals surface area contributed by atoms with Crippen LogP contribution in [0.25, 0.3) is 0 Å². The molecule has 0 amide bonds. The van der Waals surface area contributed by atoms with Gasteiger partial charge in [0.05, 0.1) is 12.7 Å². The maximum Gasteiger partial charge on any atom is 0.192 e. The van der Waals surface area contributed by atoms with E-state index in [0.29, 0.717) is 13.0 Å². The third-order valence-electron chi connectivity index (χ3n) is 6.19. The number of ether oxygens (including phenoxy) is 3. The largest absolute Gasteiger partial charge is 0.410 e. The molecule has 2 rings (SSSR count). The highest BCUT2D eigenvalue weighted by Crippen LogP contribution is 2.49. The van der Waals surface area contributed by atoms with Crippen LogP contribution in [0.1, 0.15) is 44.4 Å². The Hall–Kier alpha value is -1.02. The predicted molar refractivity (Wildman–Crippen MR) is 116 cm³/mol. The predicted octanol–water partition coefficient (Wildman–Crippen LogP) is 4.50. The van der Waals surface area contributed by atoms with E-state index in [1.807, 2.05) is 18.2 Å². The number of benzene rings is 1. The average molecular weight is 408 g/mol. The maximum atomic E-state index is 6.91. The van der Waals surface area contributed by atoms with Crippen LogP contribution < -0.4 is 5.73 Å². The summed E-state index contributed by atoms with van der Waals surface area (Å²) >= 11 is 0. The van der Waals surface area contributed by atoms with Crippen LogP contribution in [0.5, 0.6) is 0 Å². The van der Waals surface area contributed by atoms with Gasteiger partial charge in [-0.15, -0.1) is 6.58 Å². The fourth-order valence-corrected chi connectivity index (χ4v) is 5.05. The topological polar surface area (TPSA) is 62.9 Å². The Kier molecular flexibility index (Phi) is 7.29. The lowest BCUT2D eigenvalue weighted by molar-refractivity contribution is -0.272. The zero-order chi connectivity index (χ0) is 21.2. The van der Waals surface area contributed by atoms with E-state index in [1.54, 1.807) is 20.3 Å². The number of nitrogens with two attached hydrogens (primary N) is 1. The minimum absolute atomic E-state index is 0.0495. The highest BCUT2D eigenvalue weighted by molar-refractivity contribution is 6.74. The molecule has 3 atom stereocenters. The van der Waals surface area contributed by atoms with Gasteiger partial charge < -0.3 is 24.4 Å². The monoisotopic (exact) mass is 407 g/mol. The minimum atomic E-state index is -2.12. The van der Waals surface area contributed by atoms with Crippen molar-refractivity contribution in [3.8, 4) is 0 Å². The summed E-state index contributed by atoms with van der Waals surface area (Å²) < 4.78 is 24.9. The van der Waals surface area contributed by atoms with Gasteiger partial charge in [-0.3, -0.25) is 0 Å². The summed E-state index contributed by atoms with van der Waals surface area (Å²) in [6, 6.07) is 7.96. The summed E-state index contributed by atoms with van der Waals surface area (Å²) in [7, 11) is 1.15. The zero-order valence-electron chi connectivity index (χ0n) is 18.5. The van der Waals surface area contributed by atoms with Crippen molar-refractivity contribution in [1.29, 1.82) is 0 Å². The highest BCUT2D eigenvalue weighted by atomic mass is 28.4. The number of hydrogen-bond donors (Lipinski definition) is 1. The van der Waals surface area contributed by atoms with Crippen LogP contribution in [0.4, 0.5) is 0 Å².